The van der Waals surface area contributed by atoms with Crippen LogP contribution in [0.1, 0.15) is 31.9 Å². The van der Waals surface area contributed by atoms with Crippen molar-refractivity contribution in [3.63, 3.8) is 0 Å². The molecule has 0 amide bonds. The van der Waals surface area contributed by atoms with Gasteiger partial charge in [-0.1, -0.05) is 48.5 Å². The number of anilines is 1. The van der Waals surface area contributed by atoms with Gasteiger partial charge in [-0.25, -0.2) is 8.42 Å². The summed E-state index contributed by atoms with van der Waals surface area (Å²) in [5, 5.41) is 15.9. The quantitative estimate of drug-likeness (QED) is 0.320. The fourth-order valence-corrected chi connectivity index (χ4v) is 3.96. The standard InChI is InChI=1S/C26H27F3N2O3S/c1-18(25(2,3)32)30-31(24-11-6-5-10-23(24)26(27,28)29)17-19-12-14-20(15-13-19)21-8-7-9-22(16-21)35(4,33)34/h5-16,32H,17H2,1-4H3/b30-18+. The third-order valence-electron chi connectivity index (χ3n) is 5.53. The summed E-state index contributed by atoms with van der Waals surface area (Å²) in [6, 6.07) is 18.7. The number of sulfone groups is 1. The molecule has 0 bridgehead atoms. The summed E-state index contributed by atoms with van der Waals surface area (Å²) in [5.41, 5.74) is 0.114. The SMILES string of the molecule is C/C(=N\N(Cc1ccc(-c2cccc(S(C)(=O)=O)c2)cc1)c1ccccc1C(F)(F)F)C(C)(C)O. The summed E-state index contributed by atoms with van der Waals surface area (Å²) in [5.74, 6) is 0. The molecule has 1 N–H and O–H groups in total. The van der Waals surface area contributed by atoms with E-state index in [0.29, 0.717) is 11.1 Å². The fourth-order valence-electron chi connectivity index (χ4n) is 3.30. The zero-order chi connectivity index (χ0) is 26.0. The molecule has 0 aliphatic rings. The summed E-state index contributed by atoms with van der Waals surface area (Å²) in [7, 11) is -3.36. The third-order valence-corrected chi connectivity index (χ3v) is 6.64. The van der Waals surface area contributed by atoms with Crippen molar-refractivity contribution in [2.75, 3.05) is 11.3 Å². The van der Waals surface area contributed by atoms with Crippen LogP contribution in [0.25, 0.3) is 11.1 Å². The molecule has 3 rings (SSSR count). The Morgan fingerprint density at radius 1 is 0.943 bits per heavy atom. The van der Waals surface area contributed by atoms with Gasteiger partial charge in [-0.05, 0) is 61.7 Å². The molecule has 5 nitrogen and oxygen atoms in total. The number of rotatable bonds is 7. The van der Waals surface area contributed by atoms with E-state index in [1.54, 1.807) is 49.4 Å². The predicted molar refractivity (Wildman–Crippen MR) is 132 cm³/mol. The van der Waals surface area contributed by atoms with E-state index in [0.717, 1.165) is 17.9 Å². The molecule has 0 unspecified atom stereocenters. The first-order valence-electron chi connectivity index (χ1n) is 10.8. The van der Waals surface area contributed by atoms with Gasteiger partial charge in [0.15, 0.2) is 9.84 Å². The minimum absolute atomic E-state index is 0.0180. The van der Waals surface area contributed by atoms with Crippen LogP contribution >= 0.6 is 0 Å². The summed E-state index contributed by atoms with van der Waals surface area (Å²) in [6.45, 7) is 4.60. The molecular weight excluding hydrogens is 477 g/mol. The Morgan fingerprint density at radius 3 is 2.14 bits per heavy atom. The lowest BCUT2D eigenvalue weighted by Crippen LogP contribution is -2.32. The van der Waals surface area contributed by atoms with Gasteiger partial charge in [0.1, 0.15) is 0 Å². The number of alkyl halides is 3. The van der Waals surface area contributed by atoms with Crippen molar-refractivity contribution in [2.45, 2.75) is 44.0 Å². The van der Waals surface area contributed by atoms with Crippen LogP contribution in [0, 0.1) is 0 Å². The molecule has 35 heavy (non-hydrogen) atoms. The molecule has 3 aromatic carbocycles. The number of nitrogens with zero attached hydrogens (tertiary/aromatic N) is 2. The van der Waals surface area contributed by atoms with E-state index in [4.69, 9.17) is 0 Å². The molecule has 0 radical (unpaired) electrons. The van der Waals surface area contributed by atoms with Gasteiger partial charge in [0, 0.05) is 6.26 Å². The van der Waals surface area contributed by atoms with Gasteiger partial charge >= 0.3 is 6.18 Å². The van der Waals surface area contributed by atoms with Crippen LogP contribution in [0.3, 0.4) is 0 Å². The summed E-state index contributed by atoms with van der Waals surface area (Å²) in [4.78, 5) is 0.199. The Morgan fingerprint density at radius 2 is 1.57 bits per heavy atom. The molecule has 0 saturated heterocycles. The number of aliphatic hydroxyl groups is 1. The molecule has 0 aromatic heterocycles. The maximum Gasteiger partial charge on any atom is 0.418 e. The molecule has 0 saturated carbocycles. The first-order chi connectivity index (χ1) is 16.2. The topological polar surface area (TPSA) is 70.0 Å². The number of benzene rings is 3. The summed E-state index contributed by atoms with van der Waals surface area (Å²) >= 11 is 0. The second-order valence-corrected chi connectivity index (χ2v) is 10.8. The van der Waals surface area contributed by atoms with Crippen LogP contribution in [0.5, 0.6) is 0 Å². The second-order valence-electron chi connectivity index (χ2n) is 8.81. The van der Waals surface area contributed by atoms with Crippen LogP contribution in [-0.2, 0) is 22.6 Å². The predicted octanol–water partition coefficient (Wildman–Crippen LogP) is 5.93. The Hall–Kier alpha value is -3.17. The molecule has 0 spiro atoms. The van der Waals surface area contributed by atoms with Gasteiger partial charge in [-0.2, -0.15) is 18.3 Å². The molecule has 0 atom stereocenters. The number of para-hydroxylation sites is 1. The minimum atomic E-state index is -4.58. The van der Waals surface area contributed by atoms with Crippen LogP contribution < -0.4 is 5.01 Å². The molecule has 0 aliphatic heterocycles. The molecule has 3 aromatic rings. The Kier molecular flexibility index (Phi) is 7.42. The zero-order valence-electron chi connectivity index (χ0n) is 19.8. The van der Waals surface area contributed by atoms with E-state index >= 15 is 0 Å². The van der Waals surface area contributed by atoms with Crippen LogP contribution in [0.15, 0.2) is 82.8 Å². The number of hydrogen-bond donors (Lipinski definition) is 1. The van der Waals surface area contributed by atoms with Gasteiger partial charge < -0.3 is 5.11 Å². The van der Waals surface area contributed by atoms with E-state index in [1.807, 2.05) is 0 Å². The molecule has 0 heterocycles. The zero-order valence-corrected chi connectivity index (χ0v) is 20.7. The van der Waals surface area contributed by atoms with Gasteiger partial charge in [0.05, 0.1) is 34.0 Å². The van der Waals surface area contributed by atoms with E-state index in [-0.39, 0.29) is 22.8 Å². The Labute approximate surface area is 203 Å². The molecule has 0 fully saturated rings. The van der Waals surface area contributed by atoms with E-state index in [9.17, 15) is 26.7 Å². The van der Waals surface area contributed by atoms with Crippen molar-refractivity contribution in [3.05, 3.63) is 83.9 Å². The molecule has 0 aliphatic carbocycles. The van der Waals surface area contributed by atoms with Gasteiger partial charge in [-0.3, -0.25) is 5.01 Å². The van der Waals surface area contributed by atoms with Crippen LogP contribution in [0.4, 0.5) is 18.9 Å². The van der Waals surface area contributed by atoms with Gasteiger partial charge in [0.2, 0.25) is 0 Å². The molecule has 9 heteroatoms. The van der Waals surface area contributed by atoms with Crippen molar-refractivity contribution in [1.82, 2.24) is 0 Å². The normalized spacial score (nSPS) is 13.1. The van der Waals surface area contributed by atoms with Crippen molar-refractivity contribution in [3.8, 4) is 11.1 Å². The van der Waals surface area contributed by atoms with E-state index < -0.39 is 27.2 Å². The summed E-state index contributed by atoms with van der Waals surface area (Å²) in [6.07, 6.45) is -3.44. The van der Waals surface area contributed by atoms with E-state index in [1.165, 1.54) is 43.1 Å². The van der Waals surface area contributed by atoms with Crippen molar-refractivity contribution in [1.29, 1.82) is 0 Å². The lowest BCUT2D eigenvalue weighted by atomic mass is 10.0. The van der Waals surface area contributed by atoms with E-state index in [2.05, 4.69) is 5.10 Å². The van der Waals surface area contributed by atoms with Gasteiger partial charge in [0.25, 0.3) is 0 Å². The average Bonchev–Trinajstić information content (AvgIpc) is 2.77. The molecular formula is C26H27F3N2O3S. The maximum absolute atomic E-state index is 13.7. The Bertz CT molecular complexity index is 1330. The largest absolute Gasteiger partial charge is 0.418 e. The summed E-state index contributed by atoms with van der Waals surface area (Å²) < 4.78 is 64.9. The lowest BCUT2D eigenvalue weighted by Gasteiger charge is -2.26. The smallest absolute Gasteiger partial charge is 0.384 e. The highest BCUT2D eigenvalue weighted by molar-refractivity contribution is 7.90. The second kappa shape index (κ2) is 9.83. The van der Waals surface area contributed by atoms with Crippen LogP contribution in [0.2, 0.25) is 0 Å². The Balaban J connectivity index is 1.99. The highest BCUT2D eigenvalue weighted by Gasteiger charge is 2.35. The average molecular weight is 505 g/mol. The fraction of sp³-hybridized carbons (Fsp3) is 0.269. The third kappa shape index (κ3) is 6.70. The maximum atomic E-state index is 13.7. The first-order valence-corrected chi connectivity index (χ1v) is 12.7. The number of halogens is 3. The number of hydrogen-bond acceptors (Lipinski definition) is 5. The van der Waals surface area contributed by atoms with Crippen LogP contribution in [-0.4, -0.2) is 31.1 Å². The van der Waals surface area contributed by atoms with Gasteiger partial charge in [-0.15, -0.1) is 0 Å². The molecule has 186 valence electrons. The highest BCUT2D eigenvalue weighted by atomic mass is 32.2. The number of hydrazone groups is 1. The highest BCUT2D eigenvalue weighted by Crippen LogP contribution is 2.37. The lowest BCUT2D eigenvalue weighted by molar-refractivity contribution is -0.137. The van der Waals surface area contributed by atoms with Crippen molar-refractivity contribution >= 4 is 21.2 Å². The first kappa shape index (κ1) is 26.4. The minimum Gasteiger partial charge on any atom is -0.384 e. The van der Waals surface area contributed by atoms with Crippen molar-refractivity contribution in [2.24, 2.45) is 5.10 Å². The van der Waals surface area contributed by atoms with Crippen molar-refractivity contribution < 1.29 is 26.7 Å². The monoisotopic (exact) mass is 504 g/mol.